The SMILES string of the molecule is COc1ccccc1NC(=O)Cn1cnc(C#N)c1C#N. The van der Waals surface area contributed by atoms with Gasteiger partial charge in [-0.2, -0.15) is 10.5 Å². The summed E-state index contributed by atoms with van der Waals surface area (Å²) in [5.41, 5.74) is 0.597. The molecule has 1 aromatic carbocycles. The summed E-state index contributed by atoms with van der Waals surface area (Å²) in [6, 6.07) is 10.6. The van der Waals surface area contributed by atoms with Crippen molar-refractivity contribution in [1.82, 2.24) is 9.55 Å². The molecule has 0 aliphatic rings. The van der Waals surface area contributed by atoms with Gasteiger partial charge in [-0.1, -0.05) is 12.1 Å². The quantitative estimate of drug-likeness (QED) is 0.908. The second-order valence-corrected chi connectivity index (χ2v) is 4.04. The Balaban J connectivity index is 2.15. The molecule has 1 N–H and O–H groups in total. The van der Waals surface area contributed by atoms with Gasteiger partial charge >= 0.3 is 0 Å². The number of aromatic nitrogens is 2. The number of benzene rings is 1. The number of carbonyl (C=O) groups excluding carboxylic acids is 1. The van der Waals surface area contributed by atoms with Crippen LogP contribution in [0.2, 0.25) is 0 Å². The molecule has 7 heteroatoms. The monoisotopic (exact) mass is 281 g/mol. The number of para-hydroxylation sites is 2. The smallest absolute Gasteiger partial charge is 0.244 e. The van der Waals surface area contributed by atoms with Crippen LogP contribution in [0.25, 0.3) is 0 Å². The van der Waals surface area contributed by atoms with E-state index in [-0.39, 0.29) is 23.8 Å². The number of hydrogen-bond donors (Lipinski definition) is 1. The molecule has 1 heterocycles. The van der Waals surface area contributed by atoms with E-state index in [1.165, 1.54) is 18.0 Å². The number of ether oxygens (including phenoxy) is 1. The molecule has 2 rings (SSSR count). The van der Waals surface area contributed by atoms with Gasteiger partial charge in [0.05, 0.1) is 19.1 Å². The minimum Gasteiger partial charge on any atom is -0.495 e. The van der Waals surface area contributed by atoms with Gasteiger partial charge in [0.1, 0.15) is 24.4 Å². The first-order valence-electron chi connectivity index (χ1n) is 5.97. The van der Waals surface area contributed by atoms with Crippen LogP contribution >= 0.6 is 0 Å². The molecule has 104 valence electrons. The zero-order valence-electron chi connectivity index (χ0n) is 11.2. The Labute approximate surface area is 121 Å². The Morgan fingerprint density at radius 1 is 1.38 bits per heavy atom. The molecule has 0 fully saturated rings. The molecule has 2 aromatic rings. The van der Waals surface area contributed by atoms with Crippen molar-refractivity contribution in [2.24, 2.45) is 0 Å². The Morgan fingerprint density at radius 2 is 2.14 bits per heavy atom. The number of nitriles is 2. The number of imidazole rings is 1. The van der Waals surface area contributed by atoms with Gasteiger partial charge in [-0.15, -0.1) is 0 Å². The van der Waals surface area contributed by atoms with Crippen LogP contribution in [-0.4, -0.2) is 22.6 Å². The second-order valence-electron chi connectivity index (χ2n) is 4.04. The van der Waals surface area contributed by atoms with Crippen LogP contribution in [0.4, 0.5) is 5.69 Å². The summed E-state index contributed by atoms with van der Waals surface area (Å²) >= 11 is 0. The van der Waals surface area contributed by atoms with E-state index in [0.29, 0.717) is 11.4 Å². The fourth-order valence-corrected chi connectivity index (χ4v) is 1.79. The summed E-state index contributed by atoms with van der Waals surface area (Å²) in [5.74, 6) is 0.188. The number of amides is 1. The van der Waals surface area contributed by atoms with Crippen LogP contribution in [0.15, 0.2) is 30.6 Å². The third-order valence-corrected chi connectivity index (χ3v) is 2.74. The largest absolute Gasteiger partial charge is 0.495 e. The molecule has 7 nitrogen and oxygen atoms in total. The lowest BCUT2D eigenvalue weighted by molar-refractivity contribution is -0.116. The molecule has 21 heavy (non-hydrogen) atoms. The number of nitrogens with zero attached hydrogens (tertiary/aromatic N) is 4. The van der Waals surface area contributed by atoms with Gasteiger partial charge in [0.15, 0.2) is 11.4 Å². The van der Waals surface area contributed by atoms with Crippen LogP contribution < -0.4 is 10.1 Å². The topological polar surface area (TPSA) is 104 Å². The maximum atomic E-state index is 12.0. The molecule has 0 aliphatic carbocycles. The zero-order chi connectivity index (χ0) is 15.2. The highest BCUT2D eigenvalue weighted by Gasteiger charge is 2.13. The van der Waals surface area contributed by atoms with Gasteiger partial charge in [-0.05, 0) is 12.1 Å². The van der Waals surface area contributed by atoms with Gasteiger partial charge in [0.25, 0.3) is 0 Å². The number of nitrogens with one attached hydrogen (secondary N) is 1. The summed E-state index contributed by atoms with van der Waals surface area (Å²) in [6.07, 6.45) is 1.29. The molecule has 0 saturated carbocycles. The Bertz CT molecular complexity index is 751. The first kappa shape index (κ1) is 14.1. The Hall–Kier alpha value is -3.32. The van der Waals surface area contributed by atoms with Crippen LogP contribution in [-0.2, 0) is 11.3 Å². The van der Waals surface area contributed by atoms with E-state index in [4.69, 9.17) is 15.3 Å². The summed E-state index contributed by atoms with van der Waals surface area (Å²) in [4.78, 5) is 15.8. The number of carbonyl (C=O) groups is 1. The number of hydrogen-bond acceptors (Lipinski definition) is 5. The highest BCUT2D eigenvalue weighted by molar-refractivity contribution is 5.92. The molecular formula is C14H11N5O2. The first-order chi connectivity index (χ1) is 10.2. The minimum absolute atomic E-state index is 0.00240. The van der Waals surface area contributed by atoms with E-state index < -0.39 is 0 Å². The predicted molar refractivity (Wildman–Crippen MR) is 73.3 cm³/mol. The third-order valence-electron chi connectivity index (χ3n) is 2.74. The van der Waals surface area contributed by atoms with Crippen molar-refractivity contribution in [1.29, 1.82) is 10.5 Å². The second kappa shape index (κ2) is 6.22. The van der Waals surface area contributed by atoms with Gasteiger partial charge in [0.2, 0.25) is 5.91 Å². The van der Waals surface area contributed by atoms with Crippen molar-refractivity contribution in [2.45, 2.75) is 6.54 Å². The van der Waals surface area contributed by atoms with E-state index in [1.807, 2.05) is 6.07 Å². The van der Waals surface area contributed by atoms with E-state index in [0.717, 1.165) is 0 Å². The third kappa shape index (κ3) is 2.99. The molecule has 0 aliphatic heterocycles. The molecule has 0 atom stereocenters. The summed E-state index contributed by atoms with van der Waals surface area (Å²) in [5, 5.41) is 20.5. The lowest BCUT2D eigenvalue weighted by Gasteiger charge is -2.10. The number of methoxy groups -OCH3 is 1. The van der Waals surface area contributed by atoms with E-state index in [2.05, 4.69) is 10.3 Å². The van der Waals surface area contributed by atoms with Crippen molar-refractivity contribution >= 4 is 11.6 Å². The van der Waals surface area contributed by atoms with Crippen molar-refractivity contribution in [3.63, 3.8) is 0 Å². The van der Waals surface area contributed by atoms with E-state index in [1.54, 1.807) is 30.3 Å². The standard InChI is InChI=1S/C14H11N5O2/c1-21-13-5-3-2-4-10(13)18-14(20)8-19-9-17-11(6-15)12(19)7-16/h2-5,9H,8H2,1H3,(H,18,20). The normalized spacial score (nSPS) is 9.48. The molecule has 0 bridgehead atoms. The maximum Gasteiger partial charge on any atom is 0.244 e. The van der Waals surface area contributed by atoms with Gasteiger partial charge in [0, 0.05) is 0 Å². The van der Waals surface area contributed by atoms with Crippen LogP contribution in [0.3, 0.4) is 0 Å². The minimum atomic E-state index is -0.349. The summed E-state index contributed by atoms with van der Waals surface area (Å²) in [6.45, 7) is -0.115. The molecule has 0 spiro atoms. The van der Waals surface area contributed by atoms with Crippen molar-refractivity contribution < 1.29 is 9.53 Å². The Morgan fingerprint density at radius 3 is 2.81 bits per heavy atom. The average Bonchev–Trinajstić information content (AvgIpc) is 2.89. The van der Waals surface area contributed by atoms with Crippen molar-refractivity contribution in [3.8, 4) is 17.9 Å². The zero-order valence-corrected chi connectivity index (χ0v) is 11.2. The number of rotatable bonds is 4. The first-order valence-corrected chi connectivity index (χ1v) is 5.97. The summed E-state index contributed by atoms with van der Waals surface area (Å²) in [7, 11) is 1.51. The van der Waals surface area contributed by atoms with Crippen LogP contribution in [0.1, 0.15) is 11.4 Å². The highest BCUT2D eigenvalue weighted by Crippen LogP contribution is 2.22. The summed E-state index contributed by atoms with van der Waals surface area (Å²) < 4.78 is 6.46. The van der Waals surface area contributed by atoms with E-state index in [9.17, 15) is 4.79 Å². The predicted octanol–water partition coefficient (Wildman–Crippen LogP) is 1.27. The molecular weight excluding hydrogens is 270 g/mol. The molecule has 1 amide bonds. The highest BCUT2D eigenvalue weighted by atomic mass is 16.5. The van der Waals surface area contributed by atoms with Gasteiger partial charge in [-0.3, -0.25) is 4.79 Å². The molecule has 0 unspecified atom stereocenters. The van der Waals surface area contributed by atoms with E-state index >= 15 is 0 Å². The van der Waals surface area contributed by atoms with Gasteiger partial charge < -0.3 is 14.6 Å². The fraction of sp³-hybridized carbons (Fsp3) is 0.143. The lowest BCUT2D eigenvalue weighted by atomic mass is 10.3. The van der Waals surface area contributed by atoms with Crippen molar-refractivity contribution in [2.75, 3.05) is 12.4 Å². The van der Waals surface area contributed by atoms with Gasteiger partial charge in [-0.25, -0.2) is 4.98 Å². The van der Waals surface area contributed by atoms with Crippen LogP contribution in [0, 0.1) is 22.7 Å². The van der Waals surface area contributed by atoms with Crippen molar-refractivity contribution in [3.05, 3.63) is 42.0 Å². The lowest BCUT2D eigenvalue weighted by Crippen LogP contribution is -2.19. The fourth-order valence-electron chi connectivity index (χ4n) is 1.79. The average molecular weight is 281 g/mol. The maximum absolute atomic E-state index is 12.0. The molecule has 0 radical (unpaired) electrons. The Kier molecular flexibility index (Phi) is 4.17. The molecule has 1 aromatic heterocycles. The molecule has 0 saturated heterocycles. The number of anilines is 1. The van der Waals surface area contributed by atoms with Crippen LogP contribution in [0.5, 0.6) is 5.75 Å².